The predicted octanol–water partition coefficient (Wildman–Crippen LogP) is 2.65. The van der Waals surface area contributed by atoms with Gasteiger partial charge in [-0.1, -0.05) is 32.4 Å². The van der Waals surface area contributed by atoms with E-state index < -0.39 is 6.10 Å². The minimum atomic E-state index is -0.414. The largest absolute Gasteiger partial charge is 0.388 e. The van der Waals surface area contributed by atoms with Gasteiger partial charge in [-0.3, -0.25) is 4.79 Å². The molecule has 1 aliphatic rings. The van der Waals surface area contributed by atoms with E-state index >= 15 is 0 Å². The van der Waals surface area contributed by atoms with E-state index in [0.29, 0.717) is 6.42 Å². The first-order chi connectivity index (χ1) is 8.11. The highest BCUT2D eigenvalue weighted by atomic mass is 16.3. The highest BCUT2D eigenvalue weighted by Crippen LogP contribution is 2.29. The fourth-order valence-corrected chi connectivity index (χ4v) is 2.14. The van der Waals surface area contributed by atoms with Gasteiger partial charge in [0.15, 0.2) is 0 Å². The van der Waals surface area contributed by atoms with Crippen LogP contribution < -0.4 is 5.32 Å². The average molecular weight is 233 g/mol. The van der Waals surface area contributed by atoms with E-state index in [0.717, 1.165) is 29.7 Å². The van der Waals surface area contributed by atoms with Crippen molar-refractivity contribution in [1.29, 1.82) is 0 Å². The van der Waals surface area contributed by atoms with E-state index in [4.69, 9.17) is 0 Å². The van der Waals surface area contributed by atoms with E-state index in [1.54, 1.807) is 0 Å². The highest BCUT2D eigenvalue weighted by molar-refractivity contribution is 5.93. The van der Waals surface area contributed by atoms with E-state index in [-0.39, 0.29) is 11.8 Å². The Morgan fingerprint density at radius 3 is 2.88 bits per heavy atom. The van der Waals surface area contributed by atoms with Crippen LogP contribution in [0, 0.1) is 5.92 Å². The van der Waals surface area contributed by atoms with Crippen LogP contribution in [0.1, 0.15) is 43.9 Å². The molecule has 2 atom stereocenters. The summed E-state index contributed by atoms with van der Waals surface area (Å²) in [6.45, 7) is 4.12. The summed E-state index contributed by atoms with van der Waals surface area (Å²) in [6.07, 6.45) is 1.84. The SMILES string of the molecule is CCC(C)C(O)c1ccc2c(c1)CCC(=O)N2. The number of nitrogens with one attached hydrogen (secondary N) is 1. The number of amides is 1. The molecule has 0 bridgehead atoms. The lowest BCUT2D eigenvalue weighted by Crippen LogP contribution is -2.19. The van der Waals surface area contributed by atoms with Crippen LogP contribution in [0.2, 0.25) is 0 Å². The van der Waals surface area contributed by atoms with Gasteiger partial charge in [-0.05, 0) is 29.5 Å². The van der Waals surface area contributed by atoms with Crippen LogP contribution in [0.25, 0.3) is 0 Å². The molecule has 1 heterocycles. The molecular weight excluding hydrogens is 214 g/mol. The molecule has 92 valence electrons. The molecule has 1 aromatic rings. The van der Waals surface area contributed by atoms with Gasteiger partial charge in [0.25, 0.3) is 0 Å². The second kappa shape index (κ2) is 4.88. The Bertz CT molecular complexity index is 428. The maximum atomic E-state index is 11.2. The molecule has 0 radical (unpaired) electrons. The van der Waals surface area contributed by atoms with Gasteiger partial charge in [0.1, 0.15) is 0 Å². The molecule has 0 spiro atoms. The van der Waals surface area contributed by atoms with Crippen LogP contribution in [-0.2, 0) is 11.2 Å². The van der Waals surface area contributed by atoms with E-state index in [1.165, 1.54) is 0 Å². The van der Waals surface area contributed by atoms with Crippen molar-refractivity contribution in [1.82, 2.24) is 0 Å². The molecule has 2 unspecified atom stereocenters. The van der Waals surface area contributed by atoms with Crippen molar-refractivity contribution in [2.45, 2.75) is 39.2 Å². The van der Waals surface area contributed by atoms with Gasteiger partial charge >= 0.3 is 0 Å². The summed E-state index contributed by atoms with van der Waals surface area (Å²) >= 11 is 0. The molecule has 2 rings (SSSR count). The zero-order valence-corrected chi connectivity index (χ0v) is 10.4. The van der Waals surface area contributed by atoms with E-state index in [9.17, 15) is 9.90 Å². The van der Waals surface area contributed by atoms with Gasteiger partial charge in [-0.25, -0.2) is 0 Å². The Balaban J connectivity index is 2.24. The molecule has 0 saturated carbocycles. The summed E-state index contributed by atoms with van der Waals surface area (Å²) in [5.74, 6) is 0.332. The third kappa shape index (κ3) is 2.50. The summed E-state index contributed by atoms with van der Waals surface area (Å²) < 4.78 is 0. The van der Waals surface area contributed by atoms with Crippen molar-refractivity contribution >= 4 is 11.6 Å². The highest BCUT2D eigenvalue weighted by Gasteiger charge is 2.19. The van der Waals surface area contributed by atoms with Crippen LogP contribution in [0.4, 0.5) is 5.69 Å². The normalized spacial score (nSPS) is 18.2. The summed E-state index contributed by atoms with van der Waals surface area (Å²) in [5, 5.41) is 13.0. The van der Waals surface area contributed by atoms with Crippen molar-refractivity contribution in [3.8, 4) is 0 Å². The molecule has 2 N–H and O–H groups in total. The predicted molar refractivity (Wildman–Crippen MR) is 67.8 cm³/mol. The summed E-state index contributed by atoms with van der Waals surface area (Å²) in [6, 6.07) is 5.82. The average Bonchev–Trinajstić information content (AvgIpc) is 2.36. The first kappa shape index (κ1) is 12.1. The number of aliphatic hydroxyl groups excluding tert-OH is 1. The summed E-state index contributed by atoms with van der Waals surface area (Å²) in [5.41, 5.74) is 2.97. The summed E-state index contributed by atoms with van der Waals surface area (Å²) in [7, 11) is 0. The van der Waals surface area contributed by atoms with Crippen molar-refractivity contribution < 1.29 is 9.90 Å². The Labute approximate surface area is 102 Å². The van der Waals surface area contributed by atoms with Crippen LogP contribution in [0.5, 0.6) is 0 Å². The topological polar surface area (TPSA) is 49.3 Å². The maximum Gasteiger partial charge on any atom is 0.224 e. The molecule has 1 aromatic carbocycles. The van der Waals surface area contributed by atoms with Crippen molar-refractivity contribution in [2.75, 3.05) is 5.32 Å². The number of benzene rings is 1. The molecule has 0 aromatic heterocycles. The van der Waals surface area contributed by atoms with Gasteiger partial charge in [0, 0.05) is 12.1 Å². The Kier molecular flexibility index (Phi) is 3.48. The Morgan fingerprint density at radius 2 is 2.18 bits per heavy atom. The lowest BCUT2D eigenvalue weighted by molar-refractivity contribution is -0.116. The second-order valence-corrected chi connectivity index (χ2v) is 4.80. The lowest BCUT2D eigenvalue weighted by atomic mass is 9.92. The fourth-order valence-electron chi connectivity index (χ4n) is 2.14. The van der Waals surface area contributed by atoms with Crippen molar-refractivity contribution in [2.24, 2.45) is 5.92 Å². The first-order valence-corrected chi connectivity index (χ1v) is 6.22. The first-order valence-electron chi connectivity index (χ1n) is 6.22. The van der Waals surface area contributed by atoms with Crippen LogP contribution in [-0.4, -0.2) is 11.0 Å². The number of carbonyl (C=O) groups is 1. The minimum Gasteiger partial charge on any atom is -0.388 e. The number of aryl methyl sites for hydroxylation is 1. The third-order valence-corrected chi connectivity index (χ3v) is 3.55. The van der Waals surface area contributed by atoms with Gasteiger partial charge in [0.05, 0.1) is 6.10 Å². The zero-order chi connectivity index (χ0) is 12.4. The lowest BCUT2D eigenvalue weighted by Gasteiger charge is -2.21. The van der Waals surface area contributed by atoms with Crippen LogP contribution in [0.3, 0.4) is 0 Å². The van der Waals surface area contributed by atoms with E-state index in [2.05, 4.69) is 12.2 Å². The minimum absolute atomic E-state index is 0.0766. The Morgan fingerprint density at radius 1 is 1.41 bits per heavy atom. The quantitative estimate of drug-likeness (QED) is 0.843. The number of rotatable bonds is 3. The smallest absolute Gasteiger partial charge is 0.224 e. The van der Waals surface area contributed by atoms with Crippen LogP contribution >= 0.6 is 0 Å². The third-order valence-electron chi connectivity index (χ3n) is 3.55. The van der Waals surface area contributed by atoms with Gasteiger partial charge in [-0.15, -0.1) is 0 Å². The van der Waals surface area contributed by atoms with Crippen molar-refractivity contribution in [3.63, 3.8) is 0 Å². The van der Waals surface area contributed by atoms with Gasteiger partial charge < -0.3 is 10.4 Å². The number of hydrogen-bond acceptors (Lipinski definition) is 2. The molecule has 1 amide bonds. The zero-order valence-electron chi connectivity index (χ0n) is 10.4. The maximum absolute atomic E-state index is 11.2. The molecular formula is C14H19NO2. The molecule has 0 fully saturated rings. The fraction of sp³-hybridized carbons (Fsp3) is 0.500. The number of carbonyl (C=O) groups excluding carboxylic acids is 1. The van der Waals surface area contributed by atoms with Crippen molar-refractivity contribution in [3.05, 3.63) is 29.3 Å². The van der Waals surface area contributed by atoms with Gasteiger partial charge in [-0.2, -0.15) is 0 Å². The number of aliphatic hydroxyl groups is 1. The molecule has 3 heteroatoms. The Hall–Kier alpha value is -1.35. The number of hydrogen-bond donors (Lipinski definition) is 2. The van der Waals surface area contributed by atoms with Crippen LogP contribution in [0.15, 0.2) is 18.2 Å². The monoisotopic (exact) mass is 233 g/mol. The van der Waals surface area contributed by atoms with E-state index in [1.807, 2.05) is 25.1 Å². The summed E-state index contributed by atoms with van der Waals surface area (Å²) in [4.78, 5) is 11.2. The number of fused-ring (bicyclic) bond motifs is 1. The molecule has 1 aliphatic heterocycles. The molecule has 17 heavy (non-hydrogen) atoms. The molecule has 3 nitrogen and oxygen atoms in total. The number of anilines is 1. The van der Waals surface area contributed by atoms with Gasteiger partial charge in [0.2, 0.25) is 5.91 Å². The molecule has 0 aliphatic carbocycles. The molecule has 0 saturated heterocycles. The second-order valence-electron chi connectivity index (χ2n) is 4.80. The standard InChI is InChI=1S/C14H19NO2/c1-3-9(2)14(17)11-4-6-12-10(8-11)5-7-13(16)15-12/h4,6,8-9,14,17H,3,5,7H2,1-2H3,(H,15,16).